The first kappa shape index (κ1) is 20.9. The van der Waals surface area contributed by atoms with Crippen LogP contribution in [-0.2, 0) is 0 Å². The summed E-state index contributed by atoms with van der Waals surface area (Å²) >= 11 is 1.51. The van der Waals surface area contributed by atoms with Gasteiger partial charge in [-0.1, -0.05) is 37.3 Å². The third-order valence-electron chi connectivity index (χ3n) is 4.24. The highest BCUT2D eigenvalue weighted by atomic mass is 35.5. The van der Waals surface area contributed by atoms with Gasteiger partial charge in [0.05, 0.1) is 0 Å². The zero-order chi connectivity index (χ0) is 15.4. The van der Waals surface area contributed by atoms with Crippen molar-refractivity contribution < 1.29 is 4.79 Å². The van der Waals surface area contributed by atoms with Gasteiger partial charge in [0.15, 0.2) is 0 Å². The Labute approximate surface area is 159 Å². The zero-order valence-corrected chi connectivity index (χ0v) is 16.0. The summed E-state index contributed by atoms with van der Waals surface area (Å²) in [5.41, 5.74) is 1.76. The van der Waals surface area contributed by atoms with E-state index in [-0.39, 0.29) is 36.1 Å². The van der Waals surface area contributed by atoms with Crippen LogP contribution in [0.3, 0.4) is 0 Å². The van der Waals surface area contributed by atoms with E-state index < -0.39 is 0 Å². The molecule has 24 heavy (non-hydrogen) atoms. The number of nitrogens with one attached hydrogen (secondary N) is 2. The van der Waals surface area contributed by atoms with E-state index in [1.807, 2.05) is 35.7 Å². The van der Waals surface area contributed by atoms with E-state index in [9.17, 15) is 4.79 Å². The van der Waals surface area contributed by atoms with Crippen molar-refractivity contribution in [2.45, 2.75) is 19.8 Å². The minimum atomic E-state index is -0.0711. The van der Waals surface area contributed by atoms with E-state index in [1.54, 1.807) is 0 Å². The number of carbonyl (C=O) groups is 1. The highest BCUT2D eigenvalue weighted by Crippen LogP contribution is 2.27. The molecule has 4 nitrogen and oxygen atoms in total. The number of halogens is 2. The third-order valence-corrected chi connectivity index (χ3v) is 5.14. The predicted molar refractivity (Wildman–Crippen MR) is 105 cm³/mol. The Morgan fingerprint density at radius 1 is 1.25 bits per heavy atom. The van der Waals surface area contributed by atoms with E-state index in [4.69, 9.17) is 0 Å². The number of piperidine rings is 1. The second-order valence-corrected chi connectivity index (χ2v) is 7.01. The van der Waals surface area contributed by atoms with Crippen LogP contribution in [-0.4, -0.2) is 30.5 Å². The normalized spacial score (nSPS) is 15.7. The van der Waals surface area contributed by atoms with Crippen molar-refractivity contribution in [3.8, 4) is 10.6 Å². The van der Waals surface area contributed by atoms with E-state index in [2.05, 4.69) is 22.5 Å². The fourth-order valence-electron chi connectivity index (χ4n) is 2.68. The molecule has 1 fully saturated rings. The van der Waals surface area contributed by atoms with Crippen LogP contribution < -0.4 is 10.6 Å². The van der Waals surface area contributed by atoms with Gasteiger partial charge in [-0.3, -0.25) is 4.79 Å². The summed E-state index contributed by atoms with van der Waals surface area (Å²) < 4.78 is 0. The second-order valence-electron chi connectivity index (χ2n) is 6.15. The smallest absolute Gasteiger partial charge is 0.270 e. The maximum absolute atomic E-state index is 12.3. The molecule has 0 bridgehead atoms. The van der Waals surface area contributed by atoms with Crippen molar-refractivity contribution in [3.63, 3.8) is 0 Å². The standard InChI is InChI=1S/C17H21N3OS.2ClH/c1-17(7-9-18-10-8-17)12-19-15(21)14-11-22-16(20-14)13-5-3-2-4-6-13;;/h2-6,11,18H,7-10,12H2,1H3,(H,19,21);2*1H. The van der Waals surface area contributed by atoms with Crippen LogP contribution in [0.15, 0.2) is 35.7 Å². The lowest BCUT2D eigenvalue weighted by Gasteiger charge is -2.34. The van der Waals surface area contributed by atoms with Crippen LogP contribution >= 0.6 is 36.2 Å². The third kappa shape index (κ3) is 5.18. The number of aromatic nitrogens is 1. The fraction of sp³-hybridized carbons (Fsp3) is 0.412. The van der Waals surface area contributed by atoms with Crippen molar-refractivity contribution >= 4 is 42.1 Å². The van der Waals surface area contributed by atoms with Gasteiger partial charge in [-0.15, -0.1) is 36.2 Å². The lowest BCUT2D eigenvalue weighted by Crippen LogP contribution is -2.42. The van der Waals surface area contributed by atoms with Gasteiger partial charge in [-0.05, 0) is 31.3 Å². The Balaban J connectivity index is 0.00000144. The molecule has 2 N–H and O–H groups in total. The van der Waals surface area contributed by atoms with E-state index in [1.165, 1.54) is 11.3 Å². The van der Waals surface area contributed by atoms with Crippen LogP contribution in [0.5, 0.6) is 0 Å². The Kier molecular flexibility index (Phi) is 8.16. The number of thiazole rings is 1. The maximum Gasteiger partial charge on any atom is 0.270 e. The molecule has 132 valence electrons. The van der Waals surface area contributed by atoms with Crippen molar-refractivity contribution in [2.24, 2.45) is 5.41 Å². The molecule has 2 heterocycles. The molecule has 0 saturated carbocycles. The van der Waals surface area contributed by atoms with Gasteiger partial charge in [-0.2, -0.15) is 0 Å². The summed E-state index contributed by atoms with van der Waals surface area (Å²) in [5, 5.41) is 9.13. The van der Waals surface area contributed by atoms with Crippen molar-refractivity contribution in [2.75, 3.05) is 19.6 Å². The number of benzene rings is 1. The first-order valence-corrected chi connectivity index (χ1v) is 8.54. The molecule has 0 unspecified atom stereocenters. The number of hydrogen-bond donors (Lipinski definition) is 2. The SMILES string of the molecule is CC1(CNC(=O)c2csc(-c3ccccc3)n2)CCNCC1.Cl.Cl. The quantitative estimate of drug-likeness (QED) is 0.838. The molecule has 1 saturated heterocycles. The summed E-state index contributed by atoms with van der Waals surface area (Å²) in [6.07, 6.45) is 2.19. The van der Waals surface area contributed by atoms with E-state index in [0.717, 1.165) is 36.5 Å². The molecule has 1 aromatic heterocycles. The van der Waals surface area contributed by atoms with E-state index in [0.29, 0.717) is 12.2 Å². The van der Waals surface area contributed by atoms with Gasteiger partial charge in [0.25, 0.3) is 5.91 Å². The van der Waals surface area contributed by atoms with Crippen LogP contribution in [0, 0.1) is 5.41 Å². The number of nitrogens with zero attached hydrogens (tertiary/aromatic N) is 1. The van der Waals surface area contributed by atoms with Crippen molar-refractivity contribution in [1.29, 1.82) is 0 Å². The van der Waals surface area contributed by atoms with Gasteiger partial charge < -0.3 is 10.6 Å². The summed E-state index contributed by atoms with van der Waals surface area (Å²) in [5.74, 6) is -0.0711. The monoisotopic (exact) mass is 387 g/mol. The number of amides is 1. The average molecular weight is 388 g/mol. The molecule has 1 aliphatic heterocycles. The molecular weight excluding hydrogens is 365 g/mol. The number of rotatable bonds is 4. The van der Waals surface area contributed by atoms with Crippen LogP contribution in [0.1, 0.15) is 30.3 Å². The van der Waals surface area contributed by atoms with Crippen LogP contribution in [0.4, 0.5) is 0 Å². The van der Waals surface area contributed by atoms with Gasteiger partial charge in [0, 0.05) is 17.5 Å². The van der Waals surface area contributed by atoms with Crippen molar-refractivity contribution in [3.05, 3.63) is 41.4 Å². The molecule has 0 atom stereocenters. The van der Waals surface area contributed by atoms with Gasteiger partial charge in [0.2, 0.25) is 0 Å². The minimum absolute atomic E-state index is 0. The summed E-state index contributed by atoms with van der Waals surface area (Å²) in [6.45, 7) is 5.01. The molecule has 0 radical (unpaired) electrons. The topological polar surface area (TPSA) is 54.0 Å². The Bertz CT molecular complexity index is 642. The molecule has 3 rings (SSSR count). The number of carbonyl (C=O) groups excluding carboxylic acids is 1. The summed E-state index contributed by atoms with van der Waals surface area (Å²) in [4.78, 5) is 16.8. The molecule has 0 aliphatic carbocycles. The first-order chi connectivity index (χ1) is 10.7. The maximum atomic E-state index is 12.3. The van der Waals surface area contributed by atoms with E-state index >= 15 is 0 Å². The largest absolute Gasteiger partial charge is 0.350 e. The average Bonchev–Trinajstić information content (AvgIpc) is 3.04. The molecule has 7 heteroatoms. The highest BCUT2D eigenvalue weighted by molar-refractivity contribution is 7.13. The summed E-state index contributed by atoms with van der Waals surface area (Å²) in [6, 6.07) is 9.96. The molecular formula is C17H23Cl2N3OS. The molecule has 1 aromatic carbocycles. The summed E-state index contributed by atoms with van der Waals surface area (Å²) in [7, 11) is 0. The van der Waals surface area contributed by atoms with Crippen LogP contribution in [0.25, 0.3) is 10.6 Å². The Morgan fingerprint density at radius 2 is 1.92 bits per heavy atom. The second kappa shape index (κ2) is 9.37. The van der Waals surface area contributed by atoms with Gasteiger partial charge in [0.1, 0.15) is 10.7 Å². The number of hydrogen-bond acceptors (Lipinski definition) is 4. The Morgan fingerprint density at radius 3 is 2.58 bits per heavy atom. The fourth-order valence-corrected chi connectivity index (χ4v) is 3.49. The van der Waals surface area contributed by atoms with Gasteiger partial charge in [-0.25, -0.2) is 4.98 Å². The molecule has 1 aliphatic rings. The van der Waals surface area contributed by atoms with Gasteiger partial charge >= 0.3 is 0 Å². The molecule has 0 spiro atoms. The first-order valence-electron chi connectivity index (χ1n) is 7.66. The van der Waals surface area contributed by atoms with Crippen LogP contribution in [0.2, 0.25) is 0 Å². The molecule has 2 aromatic rings. The minimum Gasteiger partial charge on any atom is -0.350 e. The zero-order valence-electron chi connectivity index (χ0n) is 13.6. The lowest BCUT2D eigenvalue weighted by atomic mass is 9.81. The lowest BCUT2D eigenvalue weighted by molar-refractivity contribution is 0.0918. The van der Waals surface area contributed by atoms with Crippen molar-refractivity contribution in [1.82, 2.24) is 15.6 Å². The molecule has 1 amide bonds. The predicted octanol–water partition coefficient (Wildman–Crippen LogP) is 3.77. The Hall–Kier alpha value is -1.14. The highest BCUT2D eigenvalue weighted by Gasteiger charge is 2.27.